The van der Waals surface area contributed by atoms with Crippen molar-refractivity contribution in [3.8, 4) is 5.75 Å². The van der Waals surface area contributed by atoms with Crippen LogP contribution in [0.2, 0.25) is 0 Å². The number of nitrogens with zero attached hydrogens (tertiary/aromatic N) is 1. The van der Waals surface area contributed by atoms with E-state index in [-0.39, 0.29) is 30.4 Å². The Balaban J connectivity index is 1.50. The Hall–Kier alpha value is -2.08. The van der Waals surface area contributed by atoms with Crippen LogP contribution < -0.4 is 10.1 Å². The molecule has 144 valence electrons. The molecule has 0 aliphatic carbocycles. The minimum absolute atomic E-state index is 0.00261. The molecule has 6 heteroatoms. The van der Waals surface area contributed by atoms with Gasteiger partial charge >= 0.3 is 0 Å². The standard InChI is InChI=1S/C21H25BrN2O3/c1-14(2)23-21(26)15-7-9-24(10-8-15)20(25)13-27-19-6-4-16-11-18(22)5-3-17(16)12-19/h3-6,11-12,14-15H,7-10,13H2,1-2H3,(H,23,26). The van der Waals surface area contributed by atoms with E-state index in [1.54, 1.807) is 4.90 Å². The molecule has 0 unspecified atom stereocenters. The molecule has 1 fully saturated rings. The molecule has 0 radical (unpaired) electrons. The lowest BCUT2D eigenvalue weighted by molar-refractivity contribution is -0.137. The zero-order valence-electron chi connectivity index (χ0n) is 15.7. The smallest absolute Gasteiger partial charge is 0.260 e. The van der Waals surface area contributed by atoms with Crippen LogP contribution in [0.15, 0.2) is 40.9 Å². The summed E-state index contributed by atoms with van der Waals surface area (Å²) >= 11 is 3.46. The molecule has 3 rings (SSSR count). The summed E-state index contributed by atoms with van der Waals surface area (Å²) < 4.78 is 6.74. The Bertz CT molecular complexity index is 829. The molecule has 5 nitrogen and oxygen atoms in total. The van der Waals surface area contributed by atoms with E-state index in [0.717, 1.165) is 15.2 Å². The maximum Gasteiger partial charge on any atom is 0.260 e. The second-order valence-corrected chi connectivity index (χ2v) is 8.18. The Kier molecular flexibility index (Phi) is 6.37. The zero-order valence-corrected chi connectivity index (χ0v) is 17.3. The number of hydrogen-bond acceptors (Lipinski definition) is 3. The van der Waals surface area contributed by atoms with Crippen molar-refractivity contribution in [2.75, 3.05) is 19.7 Å². The first-order valence-electron chi connectivity index (χ1n) is 9.32. The lowest BCUT2D eigenvalue weighted by Gasteiger charge is -2.31. The number of fused-ring (bicyclic) bond motifs is 1. The molecular formula is C21H25BrN2O3. The quantitative estimate of drug-likeness (QED) is 0.782. The number of ether oxygens (including phenoxy) is 1. The van der Waals surface area contributed by atoms with E-state index in [0.29, 0.717) is 31.7 Å². The molecular weight excluding hydrogens is 408 g/mol. The fourth-order valence-electron chi connectivity index (χ4n) is 3.31. The van der Waals surface area contributed by atoms with Gasteiger partial charge in [0.1, 0.15) is 5.75 Å². The van der Waals surface area contributed by atoms with Crippen LogP contribution >= 0.6 is 15.9 Å². The van der Waals surface area contributed by atoms with E-state index >= 15 is 0 Å². The van der Waals surface area contributed by atoms with Gasteiger partial charge in [0.15, 0.2) is 6.61 Å². The summed E-state index contributed by atoms with van der Waals surface area (Å²) in [6.45, 7) is 5.14. The molecule has 0 bridgehead atoms. The van der Waals surface area contributed by atoms with Gasteiger partial charge < -0.3 is 15.0 Å². The van der Waals surface area contributed by atoms with E-state index in [9.17, 15) is 9.59 Å². The fourth-order valence-corrected chi connectivity index (χ4v) is 3.69. The second-order valence-electron chi connectivity index (χ2n) is 7.26. The molecule has 2 aromatic carbocycles. The third kappa shape index (κ3) is 5.22. The van der Waals surface area contributed by atoms with Gasteiger partial charge in [0.05, 0.1) is 0 Å². The topological polar surface area (TPSA) is 58.6 Å². The van der Waals surface area contributed by atoms with Crippen LogP contribution in [0.3, 0.4) is 0 Å². The number of benzene rings is 2. The van der Waals surface area contributed by atoms with Gasteiger partial charge in [-0.15, -0.1) is 0 Å². The van der Waals surface area contributed by atoms with Crippen molar-refractivity contribution < 1.29 is 14.3 Å². The summed E-state index contributed by atoms with van der Waals surface area (Å²) in [5.41, 5.74) is 0. The van der Waals surface area contributed by atoms with Crippen molar-refractivity contribution in [3.63, 3.8) is 0 Å². The van der Waals surface area contributed by atoms with Gasteiger partial charge in [-0.2, -0.15) is 0 Å². The third-order valence-corrected chi connectivity index (χ3v) is 5.28. The molecule has 27 heavy (non-hydrogen) atoms. The summed E-state index contributed by atoms with van der Waals surface area (Å²) in [5, 5.41) is 5.14. The summed E-state index contributed by atoms with van der Waals surface area (Å²) in [6, 6.07) is 12.0. The van der Waals surface area contributed by atoms with Crippen molar-refractivity contribution in [2.24, 2.45) is 5.92 Å². The fraction of sp³-hybridized carbons (Fsp3) is 0.429. The minimum Gasteiger partial charge on any atom is -0.484 e. The van der Waals surface area contributed by atoms with Crippen molar-refractivity contribution >= 4 is 38.5 Å². The number of carbonyl (C=O) groups excluding carboxylic acids is 2. The number of likely N-dealkylation sites (tertiary alicyclic amines) is 1. The monoisotopic (exact) mass is 432 g/mol. The number of halogens is 1. The Labute approximate surface area is 168 Å². The Morgan fingerprint density at radius 2 is 1.81 bits per heavy atom. The molecule has 1 aliphatic rings. The van der Waals surface area contributed by atoms with Gasteiger partial charge in [-0.05, 0) is 61.7 Å². The zero-order chi connectivity index (χ0) is 19.4. The summed E-state index contributed by atoms with van der Waals surface area (Å²) in [6.07, 6.45) is 1.41. The predicted octanol–water partition coefficient (Wildman–Crippen LogP) is 3.74. The number of rotatable bonds is 5. The molecule has 0 aromatic heterocycles. The highest BCUT2D eigenvalue weighted by atomic mass is 79.9. The SMILES string of the molecule is CC(C)NC(=O)C1CCN(C(=O)COc2ccc3cc(Br)ccc3c2)CC1. The van der Waals surface area contributed by atoms with Crippen LogP contribution in [0.5, 0.6) is 5.75 Å². The molecule has 2 amide bonds. The van der Waals surface area contributed by atoms with Gasteiger partial charge in [0, 0.05) is 29.5 Å². The van der Waals surface area contributed by atoms with Crippen molar-refractivity contribution in [1.82, 2.24) is 10.2 Å². The van der Waals surface area contributed by atoms with E-state index in [4.69, 9.17) is 4.74 Å². The summed E-state index contributed by atoms with van der Waals surface area (Å²) in [7, 11) is 0. The molecule has 1 N–H and O–H groups in total. The van der Waals surface area contributed by atoms with Crippen LogP contribution in [0.25, 0.3) is 10.8 Å². The first-order valence-corrected chi connectivity index (χ1v) is 10.1. The van der Waals surface area contributed by atoms with Gasteiger partial charge in [0.25, 0.3) is 5.91 Å². The van der Waals surface area contributed by atoms with Gasteiger partial charge in [0.2, 0.25) is 5.91 Å². The molecule has 1 aliphatic heterocycles. The van der Waals surface area contributed by atoms with Gasteiger partial charge in [-0.1, -0.05) is 28.1 Å². The predicted molar refractivity (Wildman–Crippen MR) is 110 cm³/mol. The molecule has 0 atom stereocenters. The number of piperidine rings is 1. The van der Waals surface area contributed by atoms with E-state index in [1.165, 1.54) is 0 Å². The van der Waals surface area contributed by atoms with Gasteiger partial charge in [-0.25, -0.2) is 0 Å². The molecule has 0 saturated carbocycles. The van der Waals surface area contributed by atoms with Crippen molar-refractivity contribution in [3.05, 3.63) is 40.9 Å². The highest BCUT2D eigenvalue weighted by molar-refractivity contribution is 9.10. The number of amides is 2. The summed E-state index contributed by atoms with van der Waals surface area (Å²) in [5.74, 6) is 0.742. The lowest BCUT2D eigenvalue weighted by atomic mass is 9.95. The van der Waals surface area contributed by atoms with Crippen LogP contribution in [-0.2, 0) is 9.59 Å². The minimum atomic E-state index is -0.0337. The van der Waals surface area contributed by atoms with Crippen molar-refractivity contribution in [1.29, 1.82) is 0 Å². The van der Waals surface area contributed by atoms with E-state index < -0.39 is 0 Å². The molecule has 1 heterocycles. The first kappa shape index (κ1) is 19.7. The molecule has 0 spiro atoms. The maximum absolute atomic E-state index is 12.4. The summed E-state index contributed by atoms with van der Waals surface area (Å²) in [4.78, 5) is 26.3. The van der Waals surface area contributed by atoms with Crippen LogP contribution in [0.4, 0.5) is 0 Å². The highest BCUT2D eigenvalue weighted by Gasteiger charge is 2.27. The highest BCUT2D eigenvalue weighted by Crippen LogP contribution is 2.24. The number of hydrogen-bond donors (Lipinski definition) is 1. The number of carbonyl (C=O) groups is 2. The normalized spacial score (nSPS) is 15.2. The molecule has 2 aromatic rings. The average molecular weight is 433 g/mol. The van der Waals surface area contributed by atoms with Crippen LogP contribution in [-0.4, -0.2) is 42.5 Å². The Morgan fingerprint density at radius 3 is 2.52 bits per heavy atom. The average Bonchev–Trinajstić information content (AvgIpc) is 2.65. The van der Waals surface area contributed by atoms with E-state index in [2.05, 4.69) is 21.2 Å². The molecule has 1 saturated heterocycles. The van der Waals surface area contributed by atoms with Crippen molar-refractivity contribution in [2.45, 2.75) is 32.7 Å². The maximum atomic E-state index is 12.4. The number of nitrogens with one attached hydrogen (secondary N) is 1. The van der Waals surface area contributed by atoms with Crippen LogP contribution in [0, 0.1) is 5.92 Å². The van der Waals surface area contributed by atoms with Gasteiger partial charge in [-0.3, -0.25) is 9.59 Å². The lowest BCUT2D eigenvalue weighted by Crippen LogP contribution is -2.45. The second kappa shape index (κ2) is 8.74. The first-order chi connectivity index (χ1) is 12.9. The third-order valence-electron chi connectivity index (χ3n) is 4.79. The Morgan fingerprint density at radius 1 is 1.15 bits per heavy atom. The van der Waals surface area contributed by atoms with Crippen LogP contribution in [0.1, 0.15) is 26.7 Å². The largest absolute Gasteiger partial charge is 0.484 e. The van der Waals surface area contributed by atoms with E-state index in [1.807, 2.05) is 50.2 Å².